The molecular formula is C21H22N4O2S. The van der Waals surface area contributed by atoms with Crippen LogP contribution in [0.15, 0.2) is 41.9 Å². The van der Waals surface area contributed by atoms with Gasteiger partial charge in [0.25, 0.3) is 5.91 Å². The molecule has 0 bridgehead atoms. The number of ether oxygens (including phenoxy) is 1. The lowest BCUT2D eigenvalue weighted by Gasteiger charge is -2.27. The largest absolute Gasteiger partial charge is 0.378 e. The van der Waals surface area contributed by atoms with Gasteiger partial charge in [0.15, 0.2) is 0 Å². The van der Waals surface area contributed by atoms with Crippen molar-refractivity contribution in [1.82, 2.24) is 9.97 Å². The molecule has 0 unspecified atom stereocenters. The highest BCUT2D eigenvalue weighted by molar-refractivity contribution is 7.13. The standard InChI is InChI=1S/C21H22N4O2S/c1-14-3-5-17(11-15(14)2)23-20(26)18-13-28-21(24-18)16-4-6-19(22-12-16)25-7-9-27-10-8-25/h3-6,11-13H,7-10H2,1-2H3,(H,23,26). The Hall–Kier alpha value is -2.77. The van der Waals surface area contributed by atoms with E-state index in [-0.39, 0.29) is 5.91 Å². The van der Waals surface area contributed by atoms with Crippen LogP contribution < -0.4 is 10.2 Å². The van der Waals surface area contributed by atoms with Gasteiger partial charge in [0.1, 0.15) is 16.5 Å². The van der Waals surface area contributed by atoms with Crippen LogP contribution >= 0.6 is 11.3 Å². The fourth-order valence-corrected chi connectivity index (χ4v) is 3.81. The molecule has 1 amide bonds. The number of carbonyl (C=O) groups excluding carboxylic acids is 1. The third-order valence-corrected chi connectivity index (χ3v) is 5.72. The van der Waals surface area contributed by atoms with E-state index in [9.17, 15) is 4.79 Å². The predicted octanol–water partition coefficient (Wildman–Crippen LogP) is 3.91. The van der Waals surface area contributed by atoms with Crippen LogP contribution in [0.4, 0.5) is 11.5 Å². The molecule has 7 heteroatoms. The number of benzene rings is 1. The van der Waals surface area contributed by atoms with E-state index >= 15 is 0 Å². The van der Waals surface area contributed by atoms with Crippen LogP contribution in [0.1, 0.15) is 21.6 Å². The molecule has 1 aliphatic heterocycles. The molecule has 28 heavy (non-hydrogen) atoms. The van der Waals surface area contributed by atoms with E-state index in [0.717, 1.165) is 53.9 Å². The lowest BCUT2D eigenvalue weighted by Crippen LogP contribution is -2.36. The van der Waals surface area contributed by atoms with Gasteiger partial charge in [-0.05, 0) is 49.2 Å². The van der Waals surface area contributed by atoms with Crippen molar-refractivity contribution in [1.29, 1.82) is 0 Å². The topological polar surface area (TPSA) is 67.4 Å². The summed E-state index contributed by atoms with van der Waals surface area (Å²) < 4.78 is 5.38. The molecule has 0 spiro atoms. The molecule has 0 saturated carbocycles. The Kier molecular flexibility index (Phi) is 5.36. The minimum atomic E-state index is -0.205. The van der Waals surface area contributed by atoms with E-state index in [1.54, 1.807) is 5.38 Å². The first-order chi connectivity index (χ1) is 13.6. The Morgan fingerprint density at radius 3 is 2.68 bits per heavy atom. The summed E-state index contributed by atoms with van der Waals surface area (Å²) in [6.07, 6.45) is 1.81. The van der Waals surface area contributed by atoms with Crippen LogP contribution in [0.5, 0.6) is 0 Å². The normalized spacial score (nSPS) is 14.1. The zero-order valence-electron chi connectivity index (χ0n) is 15.9. The van der Waals surface area contributed by atoms with E-state index in [1.165, 1.54) is 16.9 Å². The first-order valence-electron chi connectivity index (χ1n) is 9.23. The fourth-order valence-electron chi connectivity index (χ4n) is 3.02. The monoisotopic (exact) mass is 394 g/mol. The van der Waals surface area contributed by atoms with Gasteiger partial charge in [-0.25, -0.2) is 9.97 Å². The number of hydrogen-bond acceptors (Lipinski definition) is 6. The Balaban J connectivity index is 1.46. The second-order valence-corrected chi connectivity index (χ2v) is 7.65. The smallest absolute Gasteiger partial charge is 0.275 e. The number of thiazole rings is 1. The van der Waals surface area contributed by atoms with Crippen molar-refractivity contribution in [2.75, 3.05) is 36.5 Å². The summed E-state index contributed by atoms with van der Waals surface area (Å²) >= 11 is 1.44. The first kappa shape index (κ1) is 18.6. The van der Waals surface area contributed by atoms with Gasteiger partial charge in [0.05, 0.1) is 13.2 Å². The van der Waals surface area contributed by atoms with Gasteiger partial charge in [-0.15, -0.1) is 11.3 Å². The van der Waals surface area contributed by atoms with Crippen molar-refractivity contribution in [3.05, 3.63) is 58.7 Å². The van der Waals surface area contributed by atoms with E-state index in [1.807, 2.05) is 50.4 Å². The number of aromatic nitrogens is 2. The van der Waals surface area contributed by atoms with Crippen molar-refractivity contribution in [2.45, 2.75) is 13.8 Å². The molecule has 1 aromatic carbocycles. The van der Waals surface area contributed by atoms with Crippen molar-refractivity contribution in [3.63, 3.8) is 0 Å². The third kappa shape index (κ3) is 4.05. The average Bonchev–Trinajstić information content (AvgIpc) is 3.22. The van der Waals surface area contributed by atoms with Crippen molar-refractivity contribution < 1.29 is 9.53 Å². The average molecular weight is 395 g/mol. The SMILES string of the molecule is Cc1ccc(NC(=O)c2csc(-c3ccc(N4CCOCC4)nc3)n2)cc1C. The lowest BCUT2D eigenvalue weighted by molar-refractivity contribution is 0.102. The summed E-state index contributed by atoms with van der Waals surface area (Å²) in [5, 5.41) is 5.48. The number of morpholine rings is 1. The number of pyridine rings is 1. The molecule has 0 aliphatic carbocycles. The minimum Gasteiger partial charge on any atom is -0.378 e. The van der Waals surface area contributed by atoms with Gasteiger partial charge in [-0.2, -0.15) is 0 Å². The van der Waals surface area contributed by atoms with E-state index in [2.05, 4.69) is 20.2 Å². The summed E-state index contributed by atoms with van der Waals surface area (Å²) in [7, 11) is 0. The molecule has 1 fully saturated rings. The fraction of sp³-hybridized carbons (Fsp3) is 0.286. The molecule has 3 aromatic rings. The van der Waals surface area contributed by atoms with Gasteiger partial charge >= 0.3 is 0 Å². The number of carbonyl (C=O) groups is 1. The Morgan fingerprint density at radius 2 is 1.96 bits per heavy atom. The molecule has 2 aromatic heterocycles. The van der Waals surface area contributed by atoms with Crippen LogP contribution in [0.3, 0.4) is 0 Å². The van der Waals surface area contributed by atoms with Crippen molar-refractivity contribution >= 4 is 28.7 Å². The van der Waals surface area contributed by atoms with Crippen LogP contribution in [0.25, 0.3) is 10.6 Å². The number of anilines is 2. The second kappa shape index (κ2) is 8.08. The maximum absolute atomic E-state index is 12.5. The molecule has 4 rings (SSSR count). The molecule has 3 heterocycles. The Morgan fingerprint density at radius 1 is 1.14 bits per heavy atom. The molecule has 0 atom stereocenters. The highest BCUT2D eigenvalue weighted by Crippen LogP contribution is 2.25. The van der Waals surface area contributed by atoms with E-state index in [0.29, 0.717) is 5.69 Å². The van der Waals surface area contributed by atoms with Crippen LogP contribution in [0, 0.1) is 13.8 Å². The van der Waals surface area contributed by atoms with E-state index < -0.39 is 0 Å². The van der Waals surface area contributed by atoms with Gasteiger partial charge in [-0.1, -0.05) is 6.07 Å². The summed E-state index contributed by atoms with van der Waals surface area (Å²) in [4.78, 5) is 23.8. The van der Waals surface area contributed by atoms with Crippen LogP contribution in [-0.4, -0.2) is 42.2 Å². The van der Waals surface area contributed by atoms with Crippen molar-refractivity contribution in [2.24, 2.45) is 0 Å². The van der Waals surface area contributed by atoms with Crippen LogP contribution in [-0.2, 0) is 4.74 Å². The molecule has 0 radical (unpaired) electrons. The minimum absolute atomic E-state index is 0.205. The van der Waals surface area contributed by atoms with Gasteiger partial charge in [0, 0.05) is 35.9 Å². The number of amides is 1. The summed E-state index contributed by atoms with van der Waals surface area (Å²) in [6, 6.07) is 9.87. The quantitative estimate of drug-likeness (QED) is 0.727. The maximum Gasteiger partial charge on any atom is 0.275 e. The Bertz CT molecular complexity index is 978. The molecule has 1 aliphatic rings. The molecule has 1 N–H and O–H groups in total. The molecule has 1 saturated heterocycles. The first-order valence-corrected chi connectivity index (χ1v) is 10.1. The lowest BCUT2D eigenvalue weighted by atomic mass is 10.1. The summed E-state index contributed by atoms with van der Waals surface area (Å²) in [5.41, 5.74) is 4.44. The molecular weight excluding hydrogens is 372 g/mol. The molecule has 6 nitrogen and oxygen atoms in total. The number of hydrogen-bond donors (Lipinski definition) is 1. The van der Waals surface area contributed by atoms with Gasteiger partial charge < -0.3 is 15.0 Å². The molecule has 144 valence electrons. The predicted molar refractivity (Wildman–Crippen MR) is 112 cm³/mol. The third-order valence-electron chi connectivity index (χ3n) is 4.83. The van der Waals surface area contributed by atoms with Gasteiger partial charge in [0.2, 0.25) is 0 Å². The van der Waals surface area contributed by atoms with Gasteiger partial charge in [-0.3, -0.25) is 4.79 Å². The summed E-state index contributed by atoms with van der Waals surface area (Å²) in [6.45, 7) is 7.24. The van der Waals surface area contributed by atoms with Crippen LogP contribution in [0.2, 0.25) is 0 Å². The highest BCUT2D eigenvalue weighted by atomic mass is 32.1. The number of rotatable bonds is 4. The second-order valence-electron chi connectivity index (χ2n) is 6.80. The van der Waals surface area contributed by atoms with E-state index in [4.69, 9.17) is 4.74 Å². The number of aryl methyl sites for hydroxylation is 2. The zero-order valence-corrected chi connectivity index (χ0v) is 16.8. The maximum atomic E-state index is 12.5. The highest BCUT2D eigenvalue weighted by Gasteiger charge is 2.15. The Labute approximate surface area is 168 Å². The number of nitrogens with one attached hydrogen (secondary N) is 1. The zero-order chi connectivity index (χ0) is 19.5. The van der Waals surface area contributed by atoms with Crippen molar-refractivity contribution in [3.8, 4) is 10.6 Å². The summed E-state index contributed by atoms with van der Waals surface area (Å²) in [5.74, 6) is 0.736. The number of nitrogens with zero attached hydrogens (tertiary/aromatic N) is 3.